The summed E-state index contributed by atoms with van der Waals surface area (Å²) in [5.41, 5.74) is 5.63. The summed E-state index contributed by atoms with van der Waals surface area (Å²) in [6.45, 7) is 2.14. The number of methoxy groups -OCH3 is 1. The minimum absolute atomic E-state index is 0.844. The van der Waals surface area contributed by atoms with Gasteiger partial charge in [-0.2, -0.15) is 0 Å². The molecule has 0 N–H and O–H groups in total. The van der Waals surface area contributed by atoms with Gasteiger partial charge in [0.2, 0.25) is 0 Å². The number of aliphatic imine (C=N–C) groups is 1. The predicted molar refractivity (Wildman–Crippen MR) is 101 cm³/mol. The minimum Gasteiger partial charge on any atom is -0.497 e. The molecule has 0 aliphatic heterocycles. The Morgan fingerprint density at radius 1 is 0.833 bits per heavy atom. The molecule has 0 heterocycles. The first-order valence-corrected chi connectivity index (χ1v) is 8.18. The Labute approximate surface area is 143 Å². The molecule has 0 aliphatic carbocycles. The highest BCUT2D eigenvalue weighted by molar-refractivity contribution is 6.06. The van der Waals surface area contributed by atoms with Gasteiger partial charge in [-0.25, -0.2) is 0 Å². The number of benzene rings is 3. The third-order valence-electron chi connectivity index (χ3n) is 3.99. The fourth-order valence-electron chi connectivity index (χ4n) is 2.75. The highest BCUT2D eigenvalue weighted by Crippen LogP contribution is 2.27. The van der Waals surface area contributed by atoms with Crippen LogP contribution in [-0.4, -0.2) is 12.8 Å². The number of ether oxygens (including phenoxy) is 1. The molecule has 0 atom stereocenters. The van der Waals surface area contributed by atoms with Gasteiger partial charge in [-0.15, -0.1) is 0 Å². The van der Waals surface area contributed by atoms with Gasteiger partial charge in [0.05, 0.1) is 12.8 Å². The Balaban J connectivity index is 2.03. The lowest BCUT2D eigenvalue weighted by atomic mass is 9.95. The topological polar surface area (TPSA) is 21.6 Å². The molecule has 3 aromatic carbocycles. The summed E-state index contributed by atoms with van der Waals surface area (Å²) in [4.78, 5) is 4.87. The number of rotatable bonds is 5. The minimum atomic E-state index is 0.844. The van der Waals surface area contributed by atoms with Crippen molar-refractivity contribution in [3.63, 3.8) is 0 Å². The average Bonchev–Trinajstić information content (AvgIpc) is 2.67. The summed E-state index contributed by atoms with van der Waals surface area (Å²) in [5, 5.41) is 0. The summed E-state index contributed by atoms with van der Waals surface area (Å²) in [6.07, 6.45) is 0.871. The summed E-state index contributed by atoms with van der Waals surface area (Å²) in [5.74, 6) is 0.844. The predicted octanol–water partition coefficient (Wildman–Crippen LogP) is 5.89. The van der Waals surface area contributed by atoms with Crippen LogP contribution in [0.25, 0.3) is 11.1 Å². The molecular formula is C22H21NO. The van der Waals surface area contributed by atoms with Gasteiger partial charge in [-0.3, -0.25) is 4.99 Å². The second kappa shape index (κ2) is 7.60. The van der Waals surface area contributed by atoms with E-state index in [-0.39, 0.29) is 0 Å². The fourth-order valence-corrected chi connectivity index (χ4v) is 2.75. The zero-order valence-corrected chi connectivity index (χ0v) is 14.1. The zero-order chi connectivity index (χ0) is 16.8. The van der Waals surface area contributed by atoms with Crippen molar-refractivity contribution < 1.29 is 4.74 Å². The molecule has 0 fully saturated rings. The highest BCUT2D eigenvalue weighted by atomic mass is 16.5. The molecule has 2 heteroatoms. The molecule has 0 aliphatic rings. The van der Waals surface area contributed by atoms with Gasteiger partial charge in [0.25, 0.3) is 0 Å². The molecule has 0 saturated heterocycles. The molecule has 0 unspecified atom stereocenters. The van der Waals surface area contributed by atoms with Crippen molar-refractivity contribution in [3.05, 3.63) is 84.4 Å². The molecule has 24 heavy (non-hydrogen) atoms. The molecule has 0 amide bonds. The number of hydrogen-bond acceptors (Lipinski definition) is 2. The first-order chi connectivity index (χ1) is 11.8. The van der Waals surface area contributed by atoms with Crippen LogP contribution in [0.4, 0.5) is 5.69 Å². The van der Waals surface area contributed by atoms with Crippen LogP contribution in [0.1, 0.15) is 18.9 Å². The molecule has 0 aromatic heterocycles. The van der Waals surface area contributed by atoms with Gasteiger partial charge in [0.15, 0.2) is 0 Å². The van der Waals surface area contributed by atoms with E-state index in [4.69, 9.17) is 9.73 Å². The number of nitrogens with zero attached hydrogens (tertiary/aromatic N) is 1. The van der Waals surface area contributed by atoms with Crippen LogP contribution in [0.15, 0.2) is 83.9 Å². The smallest absolute Gasteiger partial charge is 0.119 e. The van der Waals surface area contributed by atoms with Crippen molar-refractivity contribution >= 4 is 11.4 Å². The van der Waals surface area contributed by atoms with Gasteiger partial charge >= 0.3 is 0 Å². The molecule has 0 bridgehead atoms. The van der Waals surface area contributed by atoms with Crippen molar-refractivity contribution in [2.45, 2.75) is 13.3 Å². The van der Waals surface area contributed by atoms with Crippen molar-refractivity contribution in [3.8, 4) is 16.9 Å². The van der Waals surface area contributed by atoms with Crippen molar-refractivity contribution in [2.24, 2.45) is 4.99 Å². The van der Waals surface area contributed by atoms with Gasteiger partial charge in [-0.1, -0.05) is 61.5 Å². The maximum atomic E-state index is 5.21. The van der Waals surface area contributed by atoms with Crippen LogP contribution in [0.3, 0.4) is 0 Å². The van der Waals surface area contributed by atoms with E-state index in [2.05, 4.69) is 55.5 Å². The van der Waals surface area contributed by atoms with E-state index in [0.29, 0.717) is 0 Å². The average molecular weight is 315 g/mol. The van der Waals surface area contributed by atoms with Crippen LogP contribution in [-0.2, 0) is 0 Å². The van der Waals surface area contributed by atoms with E-state index >= 15 is 0 Å². The van der Waals surface area contributed by atoms with Crippen LogP contribution in [0.5, 0.6) is 5.75 Å². The summed E-state index contributed by atoms with van der Waals surface area (Å²) in [6, 6.07) is 26.8. The van der Waals surface area contributed by atoms with E-state index < -0.39 is 0 Å². The lowest BCUT2D eigenvalue weighted by Crippen LogP contribution is -2.01. The maximum Gasteiger partial charge on any atom is 0.119 e. The van der Waals surface area contributed by atoms with Gasteiger partial charge in [0, 0.05) is 11.3 Å². The van der Waals surface area contributed by atoms with Crippen LogP contribution >= 0.6 is 0 Å². The molecule has 2 nitrogen and oxygen atoms in total. The zero-order valence-electron chi connectivity index (χ0n) is 14.1. The maximum absolute atomic E-state index is 5.21. The van der Waals surface area contributed by atoms with E-state index in [1.165, 1.54) is 16.7 Å². The van der Waals surface area contributed by atoms with Gasteiger partial charge in [-0.05, 0) is 41.8 Å². The van der Waals surface area contributed by atoms with E-state index in [0.717, 1.165) is 23.6 Å². The Kier molecular flexibility index (Phi) is 5.07. The van der Waals surface area contributed by atoms with Crippen LogP contribution in [0, 0.1) is 0 Å². The van der Waals surface area contributed by atoms with Crippen molar-refractivity contribution in [1.29, 1.82) is 0 Å². The summed E-state index contributed by atoms with van der Waals surface area (Å²) in [7, 11) is 1.67. The van der Waals surface area contributed by atoms with Gasteiger partial charge in [0.1, 0.15) is 5.75 Å². The van der Waals surface area contributed by atoms with E-state index in [9.17, 15) is 0 Å². The molecule has 120 valence electrons. The van der Waals surface area contributed by atoms with E-state index in [1.54, 1.807) is 7.11 Å². The summed E-state index contributed by atoms with van der Waals surface area (Å²) >= 11 is 0. The third kappa shape index (κ3) is 3.54. The Hall–Kier alpha value is -2.87. The Bertz CT molecular complexity index is 820. The lowest BCUT2D eigenvalue weighted by Gasteiger charge is -2.11. The standard InChI is InChI=1S/C22H21NO/c1-3-22(23-18-13-15-19(24-2)16-14-18)21-12-8-7-11-20(21)17-9-5-4-6-10-17/h4-16H,3H2,1-2H3. The van der Waals surface area contributed by atoms with Crippen molar-refractivity contribution in [1.82, 2.24) is 0 Å². The monoisotopic (exact) mass is 315 g/mol. The highest BCUT2D eigenvalue weighted by Gasteiger charge is 2.09. The molecule has 3 aromatic rings. The third-order valence-corrected chi connectivity index (χ3v) is 3.99. The molecule has 0 radical (unpaired) electrons. The second-order valence-corrected chi connectivity index (χ2v) is 5.52. The normalized spacial score (nSPS) is 11.3. The quantitative estimate of drug-likeness (QED) is 0.538. The first-order valence-electron chi connectivity index (χ1n) is 8.18. The van der Waals surface area contributed by atoms with Crippen molar-refractivity contribution in [2.75, 3.05) is 7.11 Å². The number of hydrogen-bond donors (Lipinski definition) is 0. The first kappa shape index (κ1) is 16.0. The van der Waals surface area contributed by atoms with E-state index in [1.807, 2.05) is 30.3 Å². The van der Waals surface area contributed by atoms with Crippen LogP contribution in [0.2, 0.25) is 0 Å². The molecular weight excluding hydrogens is 294 g/mol. The second-order valence-electron chi connectivity index (χ2n) is 5.52. The molecule has 0 saturated carbocycles. The van der Waals surface area contributed by atoms with Crippen LogP contribution < -0.4 is 4.74 Å². The molecule has 3 rings (SSSR count). The lowest BCUT2D eigenvalue weighted by molar-refractivity contribution is 0.415. The Morgan fingerprint density at radius 2 is 1.50 bits per heavy atom. The Morgan fingerprint density at radius 3 is 2.17 bits per heavy atom. The van der Waals surface area contributed by atoms with Gasteiger partial charge < -0.3 is 4.74 Å². The SMILES string of the molecule is CCC(=Nc1ccc(OC)cc1)c1ccccc1-c1ccccc1. The summed E-state index contributed by atoms with van der Waals surface area (Å²) < 4.78 is 5.21. The fraction of sp³-hybridized carbons (Fsp3) is 0.136. The largest absolute Gasteiger partial charge is 0.497 e. The molecule has 0 spiro atoms.